The number of fused-ring (bicyclic) bond motifs is 1. The summed E-state index contributed by atoms with van der Waals surface area (Å²) < 4.78 is 7.40. The number of aromatic nitrogens is 4. The van der Waals surface area contributed by atoms with Gasteiger partial charge in [-0.25, -0.2) is 14.8 Å². The summed E-state index contributed by atoms with van der Waals surface area (Å²) in [6, 6.07) is 4.66. The molecule has 2 heterocycles. The summed E-state index contributed by atoms with van der Waals surface area (Å²) in [6.07, 6.45) is 3.03. The number of carboxylic acids is 1. The van der Waals surface area contributed by atoms with Crippen molar-refractivity contribution in [3.63, 3.8) is 0 Å². The summed E-state index contributed by atoms with van der Waals surface area (Å²) >= 11 is 0. The van der Waals surface area contributed by atoms with Gasteiger partial charge in [0.1, 0.15) is 17.5 Å². The number of aromatic carboxylic acids is 1. The molecule has 106 valence electrons. The maximum atomic E-state index is 10.9. The molecule has 0 radical (unpaired) electrons. The van der Waals surface area contributed by atoms with E-state index in [0.717, 1.165) is 0 Å². The molecule has 0 aliphatic carbocycles. The first-order valence-electron chi connectivity index (χ1n) is 6.21. The van der Waals surface area contributed by atoms with Crippen LogP contribution in [-0.2, 0) is 7.05 Å². The third-order valence-corrected chi connectivity index (χ3v) is 3.12. The van der Waals surface area contributed by atoms with Crippen molar-refractivity contribution < 1.29 is 14.6 Å². The monoisotopic (exact) mass is 284 g/mol. The first kappa shape index (κ1) is 13.0. The maximum Gasteiger partial charge on any atom is 0.335 e. The molecule has 0 bridgehead atoms. The number of nitrogens with zero attached hydrogens (tertiary/aromatic N) is 4. The van der Waals surface area contributed by atoms with E-state index in [4.69, 9.17) is 9.84 Å². The summed E-state index contributed by atoms with van der Waals surface area (Å²) in [7, 11) is 1.78. The Labute approximate surface area is 119 Å². The molecule has 1 N–H and O–H groups in total. The van der Waals surface area contributed by atoms with Gasteiger partial charge < -0.3 is 9.84 Å². The Bertz CT molecular complexity index is 841. The first-order valence-corrected chi connectivity index (χ1v) is 6.21. The Morgan fingerprint density at radius 3 is 2.86 bits per heavy atom. The van der Waals surface area contributed by atoms with Crippen molar-refractivity contribution in [2.75, 3.05) is 0 Å². The van der Waals surface area contributed by atoms with Crippen LogP contribution in [0.25, 0.3) is 11.0 Å². The van der Waals surface area contributed by atoms with Gasteiger partial charge in [0.2, 0.25) is 5.88 Å². The van der Waals surface area contributed by atoms with E-state index in [2.05, 4.69) is 15.1 Å². The van der Waals surface area contributed by atoms with Gasteiger partial charge in [-0.15, -0.1) is 0 Å². The van der Waals surface area contributed by atoms with E-state index in [1.165, 1.54) is 12.4 Å². The molecule has 3 rings (SSSR count). The first-order chi connectivity index (χ1) is 10.1. The number of ether oxygens (including phenoxy) is 1. The minimum Gasteiger partial charge on any atom is -0.478 e. The average molecular weight is 284 g/mol. The molecule has 3 aromatic rings. The van der Waals surface area contributed by atoms with Crippen molar-refractivity contribution in [1.29, 1.82) is 0 Å². The molecule has 0 spiro atoms. The van der Waals surface area contributed by atoms with Crippen LogP contribution in [0, 0.1) is 6.92 Å². The number of aryl methyl sites for hydroxylation is 2. The lowest BCUT2D eigenvalue weighted by Crippen LogP contribution is -1.98. The zero-order chi connectivity index (χ0) is 15.0. The summed E-state index contributed by atoms with van der Waals surface area (Å²) in [4.78, 5) is 19.2. The van der Waals surface area contributed by atoms with Crippen LogP contribution in [0.2, 0.25) is 0 Å². The lowest BCUT2D eigenvalue weighted by atomic mass is 10.1. The molecule has 0 aliphatic heterocycles. The highest BCUT2D eigenvalue weighted by Gasteiger charge is 2.12. The van der Waals surface area contributed by atoms with Gasteiger partial charge >= 0.3 is 5.97 Å². The van der Waals surface area contributed by atoms with Gasteiger partial charge in [0.25, 0.3) is 0 Å². The Balaban J connectivity index is 2.01. The fourth-order valence-electron chi connectivity index (χ4n) is 2.02. The highest BCUT2D eigenvalue weighted by Crippen LogP contribution is 2.28. The molecule has 0 fully saturated rings. The van der Waals surface area contributed by atoms with Crippen LogP contribution in [0.15, 0.2) is 30.7 Å². The van der Waals surface area contributed by atoms with Gasteiger partial charge in [0.05, 0.1) is 11.8 Å². The number of hydrogen-bond acceptors (Lipinski definition) is 5. The molecule has 7 nitrogen and oxygen atoms in total. The van der Waals surface area contributed by atoms with Crippen molar-refractivity contribution in [3.05, 3.63) is 41.9 Å². The van der Waals surface area contributed by atoms with Crippen molar-refractivity contribution >= 4 is 17.0 Å². The Kier molecular flexibility index (Phi) is 3.02. The standard InChI is InChI=1S/C14H12N4O3/c1-8-5-9(14(19)20)3-4-11(8)21-13-10-6-17-18(2)12(10)15-7-16-13/h3-7H,1-2H3,(H,19,20). The molecule has 0 saturated heterocycles. The summed E-state index contributed by atoms with van der Waals surface area (Å²) in [5.74, 6) is -0.0375. The number of carboxylic acid groups (broad SMARTS) is 1. The summed E-state index contributed by atoms with van der Waals surface area (Å²) in [6.45, 7) is 1.78. The largest absolute Gasteiger partial charge is 0.478 e. The van der Waals surface area contributed by atoms with Gasteiger partial charge in [-0.1, -0.05) is 0 Å². The number of hydrogen-bond donors (Lipinski definition) is 1. The van der Waals surface area contributed by atoms with E-state index in [1.807, 2.05) is 0 Å². The quantitative estimate of drug-likeness (QED) is 0.792. The predicted octanol–water partition coefficient (Wildman–Crippen LogP) is 2.16. The second-order valence-corrected chi connectivity index (χ2v) is 4.57. The molecule has 0 atom stereocenters. The zero-order valence-electron chi connectivity index (χ0n) is 11.4. The molecule has 7 heteroatoms. The fraction of sp³-hybridized carbons (Fsp3) is 0.143. The molecule has 21 heavy (non-hydrogen) atoms. The van der Waals surface area contributed by atoms with E-state index in [9.17, 15) is 4.79 Å². The second kappa shape index (κ2) is 4.86. The zero-order valence-corrected chi connectivity index (χ0v) is 11.4. The lowest BCUT2D eigenvalue weighted by molar-refractivity contribution is 0.0697. The van der Waals surface area contributed by atoms with Gasteiger partial charge in [-0.2, -0.15) is 5.10 Å². The van der Waals surface area contributed by atoms with Crippen LogP contribution in [0.3, 0.4) is 0 Å². The number of benzene rings is 1. The topological polar surface area (TPSA) is 90.1 Å². The van der Waals surface area contributed by atoms with Crippen LogP contribution in [0.4, 0.5) is 0 Å². The van der Waals surface area contributed by atoms with Gasteiger partial charge in [-0.3, -0.25) is 4.68 Å². The minimum absolute atomic E-state index is 0.217. The molecule has 0 aliphatic rings. The van der Waals surface area contributed by atoms with Crippen LogP contribution in [-0.4, -0.2) is 30.8 Å². The smallest absolute Gasteiger partial charge is 0.335 e. The molecular formula is C14H12N4O3. The molecular weight excluding hydrogens is 272 g/mol. The van der Waals surface area contributed by atoms with Crippen LogP contribution >= 0.6 is 0 Å². The van der Waals surface area contributed by atoms with Crippen molar-refractivity contribution in [1.82, 2.24) is 19.7 Å². The average Bonchev–Trinajstić information content (AvgIpc) is 2.84. The SMILES string of the molecule is Cc1cc(C(=O)O)ccc1Oc1ncnc2c1cnn2C. The second-order valence-electron chi connectivity index (χ2n) is 4.57. The van der Waals surface area contributed by atoms with E-state index in [-0.39, 0.29) is 5.56 Å². The summed E-state index contributed by atoms with van der Waals surface area (Å²) in [5, 5.41) is 13.8. The highest BCUT2D eigenvalue weighted by atomic mass is 16.5. The van der Waals surface area contributed by atoms with Crippen molar-refractivity contribution in [2.45, 2.75) is 6.92 Å². The molecule has 2 aromatic heterocycles. The third-order valence-electron chi connectivity index (χ3n) is 3.12. The maximum absolute atomic E-state index is 10.9. The Hall–Kier alpha value is -2.96. The normalized spacial score (nSPS) is 10.8. The van der Waals surface area contributed by atoms with Crippen LogP contribution < -0.4 is 4.74 Å². The Morgan fingerprint density at radius 2 is 2.14 bits per heavy atom. The number of rotatable bonds is 3. The Morgan fingerprint density at radius 1 is 1.33 bits per heavy atom. The van der Waals surface area contributed by atoms with E-state index in [0.29, 0.717) is 28.2 Å². The van der Waals surface area contributed by atoms with Crippen LogP contribution in [0.5, 0.6) is 11.6 Å². The molecule has 0 unspecified atom stereocenters. The predicted molar refractivity (Wildman–Crippen MR) is 74.5 cm³/mol. The highest BCUT2D eigenvalue weighted by molar-refractivity contribution is 5.88. The van der Waals surface area contributed by atoms with E-state index >= 15 is 0 Å². The van der Waals surface area contributed by atoms with Crippen LogP contribution in [0.1, 0.15) is 15.9 Å². The molecule has 1 aromatic carbocycles. The summed E-state index contributed by atoms with van der Waals surface area (Å²) in [5.41, 5.74) is 1.60. The lowest BCUT2D eigenvalue weighted by Gasteiger charge is -2.08. The van der Waals surface area contributed by atoms with Gasteiger partial charge in [-0.05, 0) is 30.7 Å². The third kappa shape index (κ3) is 2.29. The number of carbonyl (C=O) groups is 1. The van der Waals surface area contributed by atoms with E-state index < -0.39 is 5.97 Å². The minimum atomic E-state index is -0.971. The van der Waals surface area contributed by atoms with Crippen molar-refractivity contribution in [2.24, 2.45) is 7.05 Å². The van der Waals surface area contributed by atoms with Crippen molar-refractivity contribution in [3.8, 4) is 11.6 Å². The van der Waals surface area contributed by atoms with Gasteiger partial charge in [0, 0.05) is 7.05 Å². The molecule has 0 saturated carbocycles. The fourth-order valence-corrected chi connectivity index (χ4v) is 2.02. The molecule has 0 amide bonds. The van der Waals surface area contributed by atoms with E-state index in [1.54, 1.807) is 37.0 Å². The van der Waals surface area contributed by atoms with Gasteiger partial charge in [0.15, 0.2) is 5.65 Å².